The van der Waals surface area contributed by atoms with Crippen LogP contribution < -0.4 is 5.73 Å². The van der Waals surface area contributed by atoms with E-state index in [1.54, 1.807) is 6.92 Å². The third-order valence-electron chi connectivity index (χ3n) is 7.68. The second-order valence-electron chi connectivity index (χ2n) is 10.1. The Kier molecular flexibility index (Phi) is 5.97. The van der Waals surface area contributed by atoms with Crippen molar-refractivity contribution in [1.29, 1.82) is 5.26 Å². The highest BCUT2D eigenvalue weighted by atomic mass is 32.2. The van der Waals surface area contributed by atoms with Gasteiger partial charge in [-0.05, 0) is 43.2 Å². The Balaban J connectivity index is 1.32. The molecule has 4 aliphatic rings. The molecule has 0 aromatic carbocycles. The molecule has 12 heteroatoms. The second kappa shape index (κ2) is 9.11. The lowest BCUT2D eigenvalue weighted by Gasteiger charge is -2.47. The molecule has 196 valence electrons. The van der Waals surface area contributed by atoms with Gasteiger partial charge in [0, 0.05) is 23.9 Å². The fourth-order valence-electron chi connectivity index (χ4n) is 5.72. The Morgan fingerprint density at radius 3 is 2.58 bits per heavy atom. The zero-order valence-corrected chi connectivity index (χ0v) is 21.3. The molecule has 2 bridgehead atoms. The summed E-state index contributed by atoms with van der Waals surface area (Å²) < 4.78 is 40.6. The van der Waals surface area contributed by atoms with Crippen molar-refractivity contribution in [3.63, 3.8) is 0 Å². The van der Waals surface area contributed by atoms with Crippen LogP contribution in [-0.2, 0) is 19.8 Å². The Labute approximate surface area is 221 Å². The standard InChI is InChI=1S/C26H24F2N6O3S/c1-25(18-4-15(9-32-22(18)28)5-19(27)20-3-2-14(7-29)8-31-20)21-6-26(21,38-24(30)33-25)23(35)34-16-10-36-12-17(34)13-37-11-16/h2-5,8-9,16-17,21H,6,10-13H2,1H3,(H2,30,33)/b19-5-/t16?,17?,21-,25+,26-/m0/s1. The van der Waals surface area contributed by atoms with E-state index in [2.05, 4.69) is 15.0 Å². The van der Waals surface area contributed by atoms with Crippen molar-refractivity contribution < 1.29 is 23.0 Å². The van der Waals surface area contributed by atoms with Crippen LogP contribution in [0.5, 0.6) is 0 Å². The number of thioether (sulfide) groups is 1. The minimum atomic E-state index is -1.17. The van der Waals surface area contributed by atoms with Crippen LogP contribution in [0.25, 0.3) is 11.9 Å². The lowest BCUT2D eigenvalue weighted by molar-refractivity contribution is -0.168. The Morgan fingerprint density at radius 1 is 1.24 bits per heavy atom. The fraction of sp³-hybridized carbons (Fsp3) is 0.423. The number of amidine groups is 1. The van der Waals surface area contributed by atoms with Gasteiger partial charge in [-0.15, -0.1) is 0 Å². The third-order valence-corrected chi connectivity index (χ3v) is 8.97. The Hall–Kier alpha value is -3.40. The number of hydrogen-bond acceptors (Lipinski definition) is 9. The zero-order chi connectivity index (χ0) is 26.7. The number of rotatable bonds is 4. The van der Waals surface area contributed by atoms with E-state index < -0.39 is 22.1 Å². The predicted octanol–water partition coefficient (Wildman–Crippen LogP) is 2.62. The molecule has 0 unspecified atom stereocenters. The van der Waals surface area contributed by atoms with Crippen molar-refractivity contribution in [3.05, 3.63) is 58.9 Å². The molecular weight excluding hydrogens is 514 g/mol. The van der Waals surface area contributed by atoms with Crippen LogP contribution in [0.2, 0.25) is 0 Å². The maximum Gasteiger partial charge on any atom is 0.240 e. The number of amides is 1. The average molecular weight is 539 g/mol. The molecule has 2 aromatic heterocycles. The summed E-state index contributed by atoms with van der Waals surface area (Å²) in [5.74, 6) is -1.81. The minimum absolute atomic E-state index is 0.0317. The molecule has 1 amide bonds. The van der Waals surface area contributed by atoms with Crippen molar-refractivity contribution in [2.45, 2.75) is 35.7 Å². The largest absolute Gasteiger partial charge is 0.378 e. The lowest BCUT2D eigenvalue weighted by atomic mass is 9.85. The Bertz CT molecular complexity index is 1390. The van der Waals surface area contributed by atoms with E-state index >= 15 is 4.39 Å². The lowest BCUT2D eigenvalue weighted by Crippen LogP contribution is -2.64. The summed E-state index contributed by atoms with van der Waals surface area (Å²) in [4.78, 5) is 28.3. The maximum atomic E-state index is 15.2. The first-order chi connectivity index (χ1) is 18.2. The summed E-state index contributed by atoms with van der Waals surface area (Å²) in [7, 11) is 0. The van der Waals surface area contributed by atoms with Crippen molar-refractivity contribution in [3.8, 4) is 6.07 Å². The number of carbonyl (C=O) groups excluding carboxylic acids is 1. The summed E-state index contributed by atoms with van der Waals surface area (Å²) in [5, 5.41) is 9.11. The monoisotopic (exact) mass is 538 g/mol. The van der Waals surface area contributed by atoms with Gasteiger partial charge < -0.3 is 20.1 Å². The van der Waals surface area contributed by atoms with E-state index in [-0.39, 0.29) is 40.3 Å². The molecule has 2 N–H and O–H groups in total. The summed E-state index contributed by atoms with van der Waals surface area (Å²) in [6.45, 7) is 3.36. The van der Waals surface area contributed by atoms with Crippen LogP contribution >= 0.6 is 11.8 Å². The van der Waals surface area contributed by atoms with E-state index in [1.165, 1.54) is 48.4 Å². The predicted molar refractivity (Wildman–Crippen MR) is 136 cm³/mol. The normalized spacial score (nSPS) is 32.2. The van der Waals surface area contributed by atoms with Crippen molar-refractivity contribution >= 4 is 34.7 Å². The SMILES string of the molecule is C[C@]1(c2cc(/C=C(\F)c3ccc(C#N)cn3)cnc2F)N=C(N)S[C@@]2(C(=O)N3C4COCC3COC4)C[C@H]21. The van der Waals surface area contributed by atoms with E-state index in [0.717, 1.165) is 0 Å². The molecule has 3 aliphatic heterocycles. The summed E-state index contributed by atoms with van der Waals surface area (Å²) in [5.41, 5.74) is 5.85. The topological polar surface area (TPSA) is 127 Å². The van der Waals surface area contributed by atoms with Crippen molar-refractivity contribution in [2.75, 3.05) is 26.4 Å². The molecule has 5 heterocycles. The van der Waals surface area contributed by atoms with Gasteiger partial charge in [0.25, 0.3) is 0 Å². The molecule has 1 saturated carbocycles. The van der Waals surface area contributed by atoms with E-state index in [0.29, 0.717) is 44.0 Å². The van der Waals surface area contributed by atoms with Crippen LogP contribution in [0.3, 0.4) is 0 Å². The highest BCUT2D eigenvalue weighted by Gasteiger charge is 2.72. The number of hydrogen-bond donors (Lipinski definition) is 1. The van der Waals surface area contributed by atoms with Crippen molar-refractivity contribution in [2.24, 2.45) is 16.6 Å². The number of aromatic nitrogens is 2. The van der Waals surface area contributed by atoms with Gasteiger partial charge in [-0.1, -0.05) is 11.8 Å². The number of halogens is 2. The first kappa shape index (κ1) is 24.9. The molecule has 0 radical (unpaired) electrons. The van der Waals surface area contributed by atoms with Crippen LogP contribution in [0.15, 0.2) is 35.6 Å². The number of pyridine rings is 2. The fourth-order valence-corrected chi connectivity index (χ4v) is 7.14. The smallest absolute Gasteiger partial charge is 0.240 e. The van der Waals surface area contributed by atoms with Crippen LogP contribution in [0.4, 0.5) is 8.78 Å². The number of fused-ring (bicyclic) bond motifs is 3. The number of morpholine rings is 2. The quantitative estimate of drug-likeness (QED) is 0.589. The summed E-state index contributed by atoms with van der Waals surface area (Å²) >= 11 is 1.23. The first-order valence-corrected chi connectivity index (χ1v) is 13.0. The second-order valence-corrected chi connectivity index (χ2v) is 11.4. The van der Waals surface area contributed by atoms with Gasteiger partial charge in [-0.3, -0.25) is 14.8 Å². The Morgan fingerprint density at radius 2 is 1.95 bits per heavy atom. The number of carbonyl (C=O) groups is 1. The van der Waals surface area contributed by atoms with Crippen LogP contribution in [-0.4, -0.2) is 69.2 Å². The van der Waals surface area contributed by atoms with Gasteiger partial charge in [-0.25, -0.2) is 9.37 Å². The molecule has 2 aromatic rings. The van der Waals surface area contributed by atoms with Gasteiger partial charge >= 0.3 is 0 Å². The van der Waals surface area contributed by atoms with Crippen molar-refractivity contribution in [1.82, 2.24) is 14.9 Å². The third kappa shape index (κ3) is 3.97. The molecule has 1 aliphatic carbocycles. The highest BCUT2D eigenvalue weighted by Crippen LogP contribution is 2.66. The number of aliphatic imine (C=N–C) groups is 1. The minimum Gasteiger partial charge on any atom is -0.378 e. The molecule has 6 rings (SSSR count). The van der Waals surface area contributed by atoms with Gasteiger partial charge in [0.1, 0.15) is 16.6 Å². The van der Waals surface area contributed by atoms with Gasteiger partial charge in [0.15, 0.2) is 5.17 Å². The molecule has 3 fully saturated rings. The van der Waals surface area contributed by atoms with Gasteiger partial charge in [0.2, 0.25) is 11.9 Å². The number of nitriles is 1. The van der Waals surface area contributed by atoms with Gasteiger partial charge in [0.05, 0.1) is 55.3 Å². The zero-order valence-electron chi connectivity index (χ0n) is 20.4. The van der Waals surface area contributed by atoms with Gasteiger partial charge in [-0.2, -0.15) is 9.65 Å². The summed E-state index contributed by atoms with van der Waals surface area (Å²) in [6.07, 6.45) is 4.15. The number of nitrogens with two attached hydrogens (primary N) is 1. The summed E-state index contributed by atoms with van der Waals surface area (Å²) in [6, 6.07) is 5.92. The molecule has 2 saturated heterocycles. The van der Waals surface area contributed by atoms with Crippen LogP contribution in [0.1, 0.15) is 35.7 Å². The molecular formula is C26H24F2N6O3S. The average Bonchev–Trinajstić information content (AvgIpc) is 3.65. The van der Waals surface area contributed by atoms with E-state index in [9.17, 15) is 9.18 Å². The molecule has 3 atom stereocenters. The van der Waals surface area contributed by atoms with E-state index in [1.807, 2.05) is 11.0 Å². The maximum absolute atomic E-state index is 15.2. The number of nitrogens with zero attached hydrogens (tertiary/aromatic N) is 5. The molecule has 9 nitrogen and oxygen atoms in total. The first-order valence-electron chi connectivity index (χ1n) is 12.2. The van der Waals surface area contributed by atoms with E-state index in [4.69, 9.17) is 20.5 Å². The van der Waals surface area contributed by atoms with Crippen LogP contribution in [0, 0.1) is 23.2 Å². The number of ether oxygens (including phenoxy) is 2. The molecule has 38 heavy (non-hydrogen) atoms. The highest BCUT2D eigenvalue weighted by molar-refractivity contribution is 8.15. The molecule has 0 spiro atoms.